The van der Waals surface area contributed by atoms with Crippen molar-refractivity contribution in [3.05, 3.63) is 77.7 Å². The number of nitrogens with one attached hydrogen (secondary N) is 2. The predicted molar refractivity (Wildman–Crippen MR) is 165 cm³/mol. The number of fused-ring (bicyclic) bond motifs is 1. The number of nitrogens with two attached hydrogens (primary N) is 1. The van der Waals surface area contributed by atoms with Gasteiger partial charge >= 0.3 is 0 Å². The molecule has 1 unspecified atom stereocenters. The molecule has 1 saturated heterocycles. The number of nitrogens with zero attached hydrogens (tertiary/aromatic N) is 2. The van der Waals surface area contributed by atoms with Crippen molar-refractivity contribution in [3.8, 4) is 16.9 Å². The lowest BCUT2D eigenvalue weighted by atomic mass is 10.0. The molecular formula is C30H35N5O3S2. The number of amides is 1. The Labute approximate surface area is 243 Å². The van der Waals surface area contributed by atoms with E-state index < -0.39 is 11.4 Å². The van der Waals surface area contributed by atoms with Gasteiger partial charge in [-0.3, -0.25) is 4.79 Å². The second-order valence-electron chi connectivity index (χ2n) is 10.1. The minimum absolute atomic E-state index is 0.0597. The minimum Gasteiger partial charge on any atom is -0.598 e. The van der Waals surface area contributed by atoms with Crippen LogP contribution < -0.4 is 15.8 Å². The summed E-state index contributed by atoms with van der Waals surface area (Å²) in [4.78, 5) is 16.1. The number of thiocarbonyl (C=S) groups is 1. The van der Waals surface area contributed by atoms with Gasteiger partial charge in [0.15, 0.2) is 0 Å². The molecular weight excluding hydrogens is 542 g/mol. The quantitative estimate of drug-likeness (QED) is 0.190. The third-order valence-electron chi connectivity index (χ3n) is 7.41. The molecule has 2 aromatic carbocycles. The fraction of sp³-hybridized carbons (Fsp3) is 0.333. The molecule has 1 aliphatic rings. The molecule has 0 saturated carbocycles. The zero-order valence-corrected chi connectivity index (χ0v) is 24.4. The standard InChI is InChI=1S/C30H35N5O3S2/c1-3-38-25-15-23(32-18-25)16-29(36)33-17-20-7-8-26-27(21-5-4-6-22(14-21)30(31)39)19-35(28(26)13-20)24-9-11-34(12-10-24)40(2)37/h4-8,13-15,18-19,24,32H,3,9-12,16-17H2,1-2H3,(H2,31,39)(H,33,36). The van der Waals surface area contributed by atoms with Crippen molar-refractivity contribution < 1.29 is 14.1 Å². The Morgan fingerprint density at radius 1 is 1.23 bits per heavy atom. The Bertz CT molecular complexity index is 1500. The van der Waals surface area contributed by atoms with E-state index in [1.807, 2.05) is 35.5 Å². The first-order valence-electron chi connectivity index (χ1n) is 13.5. The smallest absolute Gasteiger partial charge is 0.226 e. The average Bonchev–Trinajstić information content (AvgIpc) is 3.56. The molecule has 40 heavy (non-hydrogen) atoms. The molecule has 4 N–H and O–H groups in total. The maximum atomic E-state index is 12.7. The van der Waals surface area contributed by atoms with Crippen LogP contribution in [0.15, 0.2) is 60.9 Å². The van der Waals surface area contributed by atoms with Crippen LogP contribution in [-0.2, 0) is 29.1 Å². The van der Waals surface area contributed by atoms with E-state index in [4.69, 9.17) is 22.7 Å². The van der Waals surface area contributed by atoms with Gasteiger partial charge in [-0.1, -0.05) is 42.5 Å². The van der Waals surface area contributed by atoms with E-state index in [-0.39, 0.29) is 18.4 Å². The van der Waals surface area contributed by atoms with Gasteiger partial charge in [-0.2, -0.15) is 0 Å². The van der Waals surface area contributed by atoms with Crippen molar-refractivity contribution in [2.45, 2.75) is 38.8 Å². The third kappa shape index (κ3) is 6.36. The van der Waals surface area contributed by atoms with Gasteiger partial charge < -0.3 is 29.9 Å². The van der Waals surface area contributed by atoms with E-state index in [0.717, 1.165) is 70.5 Å². The third-order valence-corrected chi connectivity index (χ3v) is 8.73. The number of carbonyl (C=O) groups excluding carboxylic acids is 1. The van der Waals surface area contributed by atoms with Gasteiger partial charge in [-0.15, -0.1) is 4.31 Å². The Hall–Kier alpha value is -3.31. The van der Waals surface area contributed by atoms with E-state index in [2.05, 4.69) is 45.3 Å². The number of aromatic nitrogens is 2. The number of ether oxygens (including phenoxy) is 1. The van der Waals surface area contributed by atoms with Gasteiger partial charge in [0.25, 0.3) is 0 Å². The van der Waals surface area contributed by atoms with Crippen LogP contribution in [0.1, 0.15) is 42.6 Å². The van der Waals surface area contributed by atoms with Crippen LogP contribution in [-0.4, -0.2) is 55.3 Å². The maximum Gasteiger partial charge on any atom is 0.226 e. The van der Waals surface area contributed by atoms with Crippen molar-refractivity contribution in [3.63, 3.8) is 0 Å². The molecule has 4 aromatic rings. The van der Waals surface area contributed by atoms with E-state index in [1.54, 1.807) is 12.5 Å². The maximum absolute atomic E-state index is 12.7. The van der Waals surface area contributed by atoms with Gasteiger partial charge in [-0.25, -0.2) is 0 Å². The van der Waals surface area contributed by atoms with Crippen LogP contribution in [0.25, 0.3) is 22.0 Å². The summed E-state index contributed by atoms with van der Waals surface area (Å²) in [5.41, 5.74) is 11.9. The minimum atomic E-state index is -0.957. The Morgan fingerprint density at radius 3 is 2.75 bits per heavy atom. The van der Waals surface area contributed by atoms with Crippen molar-refractivity contribution in [1.29, 1.82) is 0 Å². The number of hydrogen-bond donors (Lipinski definition) is 3. The molecule has 1 amide bonds. The van der Waals surface area contributed by atoms with E-state index in [9.17, 15) is 9.35 Å². The molecule has 1 fully saturated rings. The SMILES string of the molecule is CCOc1c[nH]c(CC(=O)NCc2ccc3c(-c4cccc(C(N)=S)c4)cn(C4CCN([S+](C)[O-])CC4)c3c2)c1. The topological polar surface area (TPSA) is 111 Å². The van der Waals surface area contributed by atoms with E-state index in [0.29, 0.717) is 18.1 Å². The normalized spacial score (nSPS) is 15.3. The van der Waals surface area contributed by atoms with E-state index in [1.165, 1.54) is 0 Å². The lowest BCUT2D eigenvalue weighted by Crippen LogP contribution is -2.38. The number of H-pyrrole nitrogens is 1. The fourth-order valence-electron chi connectivity index (χ4n) is 5.36. The molecule has 10 heteroatoms. The van der Waals surface area contributed by atoms with Crippen LogP contribution >= 0.6 is 12.2 Å². The van der Waals surface area contributed by atoms with Crippen LogP contribution in [0.4, 0.5) is 0 Å². The summed E-state index contributed by atoms with van der Waals surface area (Å²) in [7, 11) is 0. The second-order valence-corrected chi connectivity index (χ2v) is 11.9. The molecule has 1 aliphatic heterocycles. The predicted octanol–water partition coefficient (Wildman–Crippen LogP) is 4.46. The summed E-state index contributed by atoms with van der Waals surface area (Å²) in [6, 6.07) is 16.5. The Balaban J connectivity index is 1.40. The number of carbonyl (C=O) groups is 1. The number of benzene rings is 2. The van der Waals surface area contributed by atoms with Crippen LogP contribution in [0.3, 0.4) is 0 Å². The average molecular weight is 578 g/mol. The lowest BCUT2D eigenvalue weighted by molar-refractivity contribution is -0.120. The highest BCUT2D eigenvalue weighted by molar-refractivity contribution is 7.88. The summed E-state index contributed by atoms with van der Waals surface area (Å²) in [5.74, 6) is 0.678. The molecule has 8 nitrogen and oxygen atoms in total. The Kier molecular flexibility index (Phi) is 8.80. The monoisotopic (exact) mass is 577 g/mol. The second kappa shape index (κ2) is 12.5. The lowest BCUT2D eigenvalue weighted by Gasteiger charge is -2.31. The molecule has 0 aliphatic carbocycles. The fourth-order valence-corrected chi connectivity index (χ4v) is 6.22. The molecule has 5 rings (SSSR count). The largest absolute Gasteiger partial charge is 0.598 e. The molecule has 2 aromatic heterocycles. The summed E-state index contributed by atoms with van der Waals surface area (Å²) in [5, 5.41) is 4.18. The van der Waals surface area contributed by atoms with Gasteiger partial charge in [0.05, 0.1) is 13.0 Å². The number of aromatic amines is 1. The van der Waals surface area contributed by atoms with Crippen molar-refractivity contribution in [2.24, 2.45) is 5.73 Å². The molecule has 0 spiro atoms. The molecule has 0 bridgehead atoms. The summed E-state index contributed by atoms with van der Waals surface area (Å²) < 4.78 is 21.9. The molecule has 1 atom stereocenters. The van der Waals surface area contributed by atoms with Crippen LogP contribution in [0.2, 0.25) is 0 Å². The number of piperidine rings is 1. The first kappa shape index (κ1) is 28.2. The van der Waals surface area contributed by atoms with Crippen molar-refractivity contribution in [2.75, 3.05) is 26.0 Å². The molecule has 3 heterocycles. The summed E-state index contributed by atoms with van der Waals surface area (Å²) >= 11 is 4.27. The first-order valence-corrected chi connectivity index (χ1v) is 15.4. The summed E-state index contributed by atoms with van der Waals surface area (Å²) in [6.45, 7) is 4.52. The molecule has 0 radical (unpaired) electrons. The first-order chi connectivity index (χ1) is 19.3. The Morgan fingerprint density at radius 2 is 2.02 bits per heavy atom. The highest BCUT2D eigenvalue weighted by atomic mass is 32.2. The zero-order chi connectivity index (χ0) is 28.2. The highest BCUT2D eigenvalue weighted by Crippen LogP contribution is 2.36. The number of hydrogen-bond acceptors (Lipinski definition) is 5. The van der Waals surface area contributed by atoms with E-state index >= 15 is 0 Å². The van der Waals surface area contributed by atoms with Gasteiger partial charge in [0, 0.05) is 83.2 Å². The van der Waals surface area contributed by atoms with Gasteiger partial charge in [0.2, 0.25) is 5.91 Å². The zero-order valence-electron chi connectivity index (χ0n) is 22.8. The van der Waals surface area contributed by atoms with Crippen molar-refractivity contribution >= 4 is 45.4 Å². The highest BCUT2D eigenvalue weighted by Gasteiger charge is 2.27. The van der Waals surface area contributed by atoms with Crippen LogP contribution in [0.5, 0.6) is 5.75 Å². The van der Waals surface area contributed by atoms with Gasteiger partial charge in [0.1, 0.15) is 17.0 Å². The number of rotatable bonds is 10. The molecule has 210 valence electrons. The van der Waals surface area contributed by atoms with Crippen LogP contribution in [0, 0.1) is 0 Å². The van der Waals surface area contributed by atoms with Crippen molar-refractivity contribution in [1.82, 2.24) is 19.2 Å². The summed E-state index contributed by atoms with van der Waals surface area (Å²) in [6.07, 6.45) is 7.81. The van der Waals surface area contributed by atoms with Gasteiger partial charge in [-0.05, 0) is 43.0 Å².